The second-order valence-electron chi connectivity index (χ2n) is 7.39. The number of aromatic nitrogens is 4. The Labute approximate surface area is 147 Å². The first kappa shape index (κ1) is 16.1. The van der Waals surface area contributed by atoms with Gasteiger partial charge in [0.25, 0.3) is 5.91 Å². The van der Waals surface area contributed by atoms with Crippen LogP contribution in [0.2, 0.25) is 0 Å². The zero-order valence-electron chi connectivity index (χ0n) is 15.0. The number of hydrogen-bond donors (Lipinski definition) is 0. The van der Waals surface area contributed by atoms with Crippen LogP contribution in [0.1, 0.15) is 55.7 Å². The van der Waals surface area contributed by atoms with E-state index in [4.69, 9.17) is 4.98 Å². The molecular weight excluding hydrogens is 316 g/mol. The van der Waals surface area contributed by atoms with Gasteiger partial charge < -0.3 is 4.90 Å². The highest BCUT2D eigenvalue weighted by Gasteiger charge is 2.32. The normalized spacial score (nSPS) is 20.5. The Morgan fingerprint density at radius 1 is 1.28 bits per heavy atom. The van der Waals surface area contributed by atoms with Crippen LogP contribution >= 0.6 is 0 Å². The lowest BCUT2D eigenvalue weighted by Gasteiger charge is -2.30. The minimum atomic E-state index is -0.0446. The average Bonchev–Trinajstić information content (AvgIpc) is 3.20. The van der Waals surface area contributed by atoms with Crippen LogP contribution in [-0.2, 0) is 6.54 Å². The number of nitrogens with zero attached hydrogens (tertiary/aromatic N) is 6. The van der Waals surface area contributed by atoms with Crippen molar-refractivity contribution in [2.75, 3.05) is 22.9 Å². The van der Waals surface area contributed by atoms with Crippen molar-refractivity contribution in [3.8, 4) is 0 Å². The lowest BCUT2D eigenvalue weighted by atomic mass is 10.0. The highest BCUT2D eigenvalue weighted by molar-refractivity contribution is 6.09. The van der Waals surface area contributed by atoms with Gasteiger partial charge in [-0.2, -0.15) is 5.10 Å². The molecule has 0 unspecified atom stereocenters. The maximum absolute atomic E-state index is 12.7. The Bertz CT molecular complexity index is 799. The molecule has 1 amide bonds. The molecule has 0 spiro atoms. The molecule has 2 aliphatic rings. The van der Waals surface area contributed by atoms with E-state index in [1.165, 1.54) is 12.8 Å². The van der Waals surface area contributed by atoms with Crippen molar-refractivity contribution in [1.82, 2.24) is 19.7 Å². The van der Waals surface area contributed by atoms with Gasteiger partial charge in [-0.25, -0.2) is 9.97 Å². The Kier molecular flexibility index (Phi) is 3.94. The molecule has 0 aromatic carbocycles. The zero-order chi connectivity index (χ0) is 17.6. The largest absolute Gasteiger partial charge is 0.341 e. The van der Waals surface area contributed by atoms with Crippen LogP contribution in [0.3, 0.4) is 0 Å². The lowest BCUT2D eigenvalue weighted by Crippen LogP contribution is -2.35. The zero-order valence-corrected chi connectivity index (χ0v) is 15.0. The quantitative estimate of drug-likeness (QED) is 0.859. The number of amides is 1. The van der Waals surface area contributed by atoms with E-state index in [-0.39, 0.29) is 11.9 Å². The highest BCUT2D eigenvalue weighted by Crippen LogP contribution is 2.29. The molecule has 0 bridgehead atoms. The minimum absolute atomic E-state index is 0.0446. The third-order valence-corrected chi connectivity index (χ3v) is 5.01. The second-order valence-corrected chi connectivity index (χ2v) is 7.39. The fraction of sp³-hybridized carbons (Fsp3) is 0.556. The van der Waals surface area contributed by atoms with E-state index in [2.05, 4.69) is 35.8 Å². The van der Waals surface area contributed by atoms with E-state index in [1.54, 1.807) is 17.3 Å². The molecule has 2 aromatic heterocycles. The summed E-state index contributed by atoms with van der Waals surface area (Å²) in [4.78, 5) is 25.8. The first-order valence-electron chi connectivity index (χ1n) is 9.00. The van der Waals surface area contributed by atoms with Crippen molar-refractivity contribution in [1.29, 1.82) is 0 Å². The Balaban J connectivity index is 1.58. The van der Waals surface area contributed by atoms with Crippen LogP contribution in [-0.4, -0.2) is 38.7 Å². The summed E-state index contributed by atoms with van der Waals surface area (Å²) in [5.41, 5.74) is 2.22. The molecule has 7 heteroatoms. The molecule has 2 aromatic rings. The van der Waals surface area contributed by atoms with Gasteiger partial charge in [0.2, 0.25) is 5.95 Å². The predicted octanol–water partition coefficient (Wildman–Crippen LogP) is 2.65. The van der Waals surface area contributed by atoms with Crippen molar-refractivity contribution in [2.45, 2.75) is 46.2 Å². The molecule has 132 valence electrons. The summed E-state index contributed by atoms with van der Waals surface area (Å²) >= 11 is 0. The number of anilines is 2. The molecule has 4 heterocycles. The lowest BCUT2D eigenvalue weighted by molar-refractivity contribution is 0.0996. The fourth-order valence-electron chi connectivity index (χ4n) is 3.55. The van der Waals surface area contributed by atoms with Gasteiger partial charge in [-0.1, -0.05) is 6.92 Å². The molecule has 7 nitrogen and oxygen atoms in total. The molecule has 1 saturated heterocycles. The van der Waals surface area contributed by atoms with Gasteiger partial charge in [0.05, 0.1) is 29.7 Å². The molecule has 2 aliphatic heterocycles. The molecule has 0 saturated carbocycles. The molecule has 25 heavy (non-hydrogen) atoms. The Morgan fingerprint density at radius 3 is 2.84 bits per heavy atom. The highest BCUT2D eigenvalue weighted by atomic mass is 16.2. The van der Waals surface area contributed by atoms with Crippen molar-refractivity contribution in [2.24, 2.45) is 5.92 Å². The van der Waals surface area contributed by atoms with Gasteiger partial charge in [0.1, 0.15) is 0 Å². The van der Waals surface area contributed by atoms with Crippen LogP contribution in [0.25, 0.3) is 0 Å². The van der Waals surface area contributed by atoms with Crippen LogP contribution in [0.4, 0.5) is 11.6 Å². The van der Waals surface area contributed by atoms with Gasteiger partial charge in [-0.15, -0.1) is 0 Å². The monoisotopic (exact) mass is 340 g/mol. The van der Waals surface area contributed by atoms with Crippen LogP contribution in [0.15, 0.2) is 18.6 Å². The van der Waals surface area contributed by atoms with E-state index in [0.717, 1.165) is 30.4 Å². The first-order chi connectivity index (χ1) is 12.0. The van der Waals surface area contributed by atoms with Gasteiger partial charge in [-0.05, 0) is 32.6 Å². The number of fused-ring (bicyclic) bond motifs is 1. The van der Waals surface area contributed by atoms with E-state index in [0.29, 0.717) is 18.0 Å². The molecular formula is C18H24N6O. The third kappa shape index (κ3) is 2.88. The summed E-state index contributed by atoms with van der Waals surface area (Å²) < 4.78 is 1.86. The first-order valence-corrected chi connectivity index (χ1v) is 9.00. The van der Waals surface area contributed by atoms with Gasteiger partial charge in [0.15, 0.2) is 0 Å². The number of rotatable bonds is 3. The predicted molar refractivity (Wildman–Crippen MR) is 95.8 cm³/mol. The number of hydrogen-bond acceptors (Lipinski definition) is 5. The molecule has 1 fully saturated rings. The van der Waals surface area contributed by atoms with Gasteiger partial charge in [0, 0.05) is 31.5 Å². The van der Waals surface area contributed by atoms with E-state index in [1.807, 2.05) is 10.9 Å². The number of carbonyl (C=O) groups excluding carboxylic acids is 1. The summed E-state index contributed by atoms with van der Waals surface area (Å²) in [5.74, 6) is 1.36. The molecule has 0 aliphatic carbocycles. The fourth-order valence-corrected chi connectivity index (χ4v) is 3.55. The number of piperidine rings is 1. The maximum atomic E-state index is 12.7. The minimum Gasteiger partial charge on any atom is -0.341 e. The summed E-state index contributed by atoms with van der Waals surface area (Å²) in [7, 11) is 0. The Morgan fingerprint density at radius 2 is 2.12 bits per heavy atom. The maximum Gasteiger partial charge on any atom is 0.262 e. The van der Waals surface area contributed by atoms with E-state index < -0.39 is 0 Å². The molecule has 0 radical (unpaired) electrons. The topological polar surface area (TPSA) is 67.2 Å². The van der Waals surface area contributed by atoms with Crippen LogP contribution in [0.5, 0.6) is 0 Å². The summed E-state index contributed by atoms with van der Waals surface area (Å²) in [6.07, 6.45) is 7.76. The van der Waals surface area contributed by atoms with E-state index in [9.17, 15) is 4.79 Å². The second kappa shape index (κ2) is 6.13. The average molecular weight is 340 g/mol. The summed E-state index contributed by atoms with van der Waals surface area (Å²) in [6.45, 7) is 8.84. The molecule has 1 atom stereocenters. The van der Waals surface area contributed by atoms with Crippen molar-refractivity contribution < 1.29 is 4.79 Å². The summed E-state index contributed by atoms with van der Waals surface area (Å²) in [6, 6.07) is 0.265. The van der Waals surface area contributed by atoms with Crippen molar-refractivity contribution in [3.63, 3.8) is 0 Å². The van der Waals surface area contributed by atoms with Gasteiger partial charge in [-0.3, -0.25) is 14.4 Å². The molecule has 0 N–H and O–H groups in total. The van der Waals surface area contributed by atoms with Gasteiger partial charge >= 0.3 is 0 Å². The van der Waals surface area contributed by atoms with Crippen LogP contribution in [0, 0.1) is 5.92 Å². The third-order valence-electron chi connectivity index (χ3n) is 5.01. The van der Waals surface area contributed by atoms with Crippen molar-refractivity contribution in [3.05, 3.63) is 29.8 Å². The standard InChI is InChI=1S/C18H24N6O/c1-12(2)24-10-14(7-20-24)23-11-16-15(17(23)25)8-19-18(21-16)22-6-4-5-13(3)9-22/h7-8,10,12-13H,4-6,9,11H2,1-3H3/t13-/m1/s1. The number of carbonyl (C=O) groups is 1. The Hall–Kier alpha value is -2.44. The van der Waals surface area contributed by atoms with E-state index >= 15 is 0 Å². The smallest absolute Gasteiger partial charge is 0.262 e. The van der Waals surface area contributed by atoms with Crippen LogP contribution < -0.4 is 9.80 Å². The SMILES string of the molecule is CC(C)n1cc(N2Cc3nc(N4CCC[C@@H](C)C4)ncc3C2=O)cn1. The van der Waals surface area contributed by atoms with Crippen molar-refractivity contribution >= 4 is 17.5 Å². The summed E-state index contributed by atoms with van der Waals surface area (Å²) in [5, 5.41) is 4.34. The molecule has 4 rings (SSSR count).